The van der Waals surface area contributed by atoms with Crippen LogP contribution in [-0.2, 0) is 0 Å². The van der Waals surface area contributed by atoms with Gasteiger partial charge >= 0.3 is 0 Å². The first kappa shape index (κ1) is 31.3. The number of phenolic OH excluding ortho intramolecular Hbond substituents is 2. The molecule has 0 bridgehead atoms. The molecule has 4 aromatic carbocycles. The fraction of sp³-hybridized carbons (Fsp3) is 0.273. The van der Waals surface area contributed by atoms with Crippen molar-refractivity contribution in [3.63, 3.8) is 0 Å². The molecule has 6 heteroatoms. The number of aliphatic hydroxyl groups is 2. The summed E-state index contributed by atoms with van der Waals surface area (Å²) in [6, 6.07) is 30.3. The van der Waals surface area contributed by atoms with Crippen LogP contribution in [0.5, 0.6) is 11.5 Å². The largest absolute Gasteiger partial charge is 0.508 e. The van der Waals surface area contributed by atoms with Gasteiger partial charge in [0, 0.05) is 18.2 Å². The van der Waals surface area contributed by atoms with Gasteiger partial charge in [0.2, 0.25) is 0 Å². The van der Waals surface area contributed by atoms with Gasteiger partial charge in [-0.15, -0.1) is 0 Å². The number of nitrogens with zero attached hydrogens (tertiary/aromatic N) is 1. The molecule has 1 saturated heterocycles. The highest BCUT2D eigenvalue weighted by Gasteiger charge is 2.33. The molecule has 0 radical (unpaired) electrons. The van der Waals surface area contributed by atoms with Crippen LogP contribution in [0.3, 0.4) is 0 Å². The molecule has 5 rings (SSSR count). The van der Waals surface area contributed by atoms with Crippen molar-refractivity contribution in [2.45, 2.75) is 58.9 Å². The third-order valence-electron chi connectivity index (χ3n) is 6.07. The quantitative estimate of drug-likeness (QED) is 0.216. The number of halogens is 1. The Morgan fingerprint density at radius 1 is 0.795 bits per heavy atom. The van der Waals surface area contributed by atoms with Gasteiger partial charge in [0.25, 0.3) is 0 Å². The third-order valence-corrected chi connectivity index (χ3v) is 6.07. The van der Waals surface area contributed by atoms with E-state index in [1.54, 1.807) is 48.5 Å². The van der Waals surface area contributed by atoms with Gasteiger partial charge in [-0.25, -0.2) is 4.39 Å². The molecular weight excluding hydrogens is 493 g/mol. The summed E-state index contributed by atoms with van der Waals surface area (Å²) in [5.74, 6) is 0.189. The van der Waals surface area contributed by atoms with E-state index in [2.05, 4.69) is 6.92 Å². The number of hydrogen-bond acceptors (Lipinski definition) is 5. The zero-order valence-electron chi connectivity index (χ0n) is 23.1. The Bertz CT molecular complexity index is 1180. The second-order valence-electron chi connectivity index (χ2n) is 8.88. The molecule has 0 saturated carbocycles. The Hall–Kier alpha value is -3.87. The molecule has 39 heavy (non-hydrogen) atoms. The van der Waals surface area contributed by atoms with Crippen molar-refractivity contribution in [2.24, 2.45) is 0 Å². The summed E-state index contributed by atoms with van der Waals surface area (Å²) in [4.78, 5) is 2.03. The summed E-state index contributed by atoms with van der Waals surface area (Å²) in [5, 5.41) is 37.3. The lowest BCUT2D eigenvalue weighted by molar-refractivity contribution is 0.0844. The van der Waals surface area contributed by atoms with E-state index in [4.69, 9.17) is 0 Å². The molecule has 1 aliphatic heterocycles. The molecule has 4 N–H and O–H groups in total. The number of benzene rings is 4. The molecule has 5 nitrogen and oxygen atoms in total. The minimum Gasteiger partial charge on any atom is -0.508 e. The van der Waals surface area contributed by atoms with Gasteiger partial charge in [0.15, 0.2) is 0 Å². The average Bonchev–Trinajstić information content (AvgIpc) is 2.95. The standard InChI is InChI=1S/C12H10O2.C10H13NO.C9H11FO.C2H6/c13-11-5-1-3-9(7-11)10-4-2-6-12(14)8-10;1-8-7-10(12)11(8)9-5-3-2-4-6-9;1-2-9(11)7-3-5-8(10)6-4-7;1-2/h1-8,13-14H;2-6,8,10,12H,7H2,1H3;3-6,9,11H,2H2,1H3;1-2H3. The molecule has 1 heterocycles. The van der Waals surface area contributed by atoms with Crippen LogP contribution < -0.4 is 4.90 Å². The first-order valence-corrected chi connectivity index (χ1v) is 13.3. The van der Waals surface area contributed by atoms with Gasteiger partial charge in [-0.2, -0.15) is 0 Å². The van der Waals surface area contributed by atoms with E-state index in [0.717, 1.165) is 28.8 Å². The molecule has 0 spiro atoms. The summed E-state index contributed by atoms with van der Waals surface area (Å²) >= 11 is 0. The molecule has 208 valence electrons. The van der Waals surface area contributed by atoms with Crippen LogP contribution in [0.1, 0.15) is 52.2 Å². The normalized spacial score (nSPS) is 16.1. The van der Waals surface area contributed by atoms with Gasteiger partial charge in [0.05, 0.1) is 6.10 Å². The number of rotatable bonds is 4. The van der Waals surface area contributed by atoms with Crippen molar-refractivity contribution in [1.29, 1.82) is 0 Å². The fourth-order valence-electron chi connectivity index (χ4n) is 4.01. The lowest BCUT2D eigenvalue weighted by Crippen LogP contribution is -2.54. The fourth-order valence-corrected chi connectivity index (χ4v) is 4.01. The van der Waals surface area contributed by atoms with Crippen molar-refractivity contribution >= 4 is 5.69 Å². The van der Waals surface area contributed by atoms with Crippen LogP contribution in [0.25, 0.3) is 11.1 Å². The molecule has 0 aromatic heterocycles. The first-order chi connectivity index (χ1) is 18.8. The Morgan fingerprint density at radius 3 is 1.72 bits per heavy atom. The number of hydrogen-bond donors (Lipinski definition) is 4. The lowest BCUT2D eigenvalue weighted by Gasteiger charge is -2.45. The third kappa shape index (κ3) is 9.74. The Morgan fingerprint density at radius 2 is 1.31 bits per heavy atom. The van der Waals surface area contributed by atoms with Crippen LogP contribution in [0.4, 0.5) is 10.1 Å². The number of anilines is 1. The SMILES string of the molecule is CC.CC1CC(O)N1c1ccccc1.CCC(O)c1ccc(F)cc1.Oc1cccc(-c2cccc(O)c2)c1. The summed E-state index contributed by atoms with van der Waals surface area (Å²) in [6.45, 7) is 8.01. The maximum Gasteiger partial charge on any atom is 0.129 e. The van der Waals surface area contributed by atoms with E-state index < -0.39 is 6.10 Å². The van der Waals surface area contributed by atoms with Crippen LogP contribution >= 0.6 is 0 Å². The van der Waals surface area contributed by atoms with Crippen molar-refractivity contribution in [1.82, 2.24) is 0 Å². The van der Waals surface area contributed by atoms with Gasteiger partial charge in [-0.1, -0.05) is 75.4 Å². The average molecular weight is 534 g/mol. The predicted molar refractivity (Wildman–Crippen MR) is 157 cm³/mol. The van der Waals surface area contributed by atoms with Gasteiger partial charge in [-0.3, -0.25) is 0 Å². The molecule has 1 fully saturated rings. The van der Waals surface area contributed by atoms with Gasteiger partial charge in [-0.05, 0) is 78.6 Å². The molecular formula is C33H40FNO4. The molecule has 4 aromatic rings. The van der Waals surface area contributed by atoms with E-state index in [0.29, 0.717) is 12.5 Å². The van der Waals surface area contributed by atoms with E-state index in [1.165, 1.54) is 12.1 Å². The highest BCUT2D eigenvalue weighted by molar-refractivity contribution is 5.66. The lowest BCUT2D eigenvalue weighted by atomic mass is 10.0. The molecule has 0 amide bonds. The zero-order chi connectivity index (χ0) is 28.8. The predicted octanol–water partition coefficient (Wildman–Crippen LogP) is 7.66. The zero-order valence-corrected chi connectivity index (χ0v) is 23.1. The number of aromatic hydroxyl groups is 2. The van der Waals surface area contributed by atoms with Crippen molar-refractivity contribution in [3.8, 4) is 22.6 Å². The molecule has 1 aliphatic rings. The molecule has 3 unspecified atom stereocenters. The smallest absolute Gasteiger partial charge is 0.129 e. The monoisotopic (exact) mass is 533 g/mol. The number of phenols is 2. The highest BCUT2D eigenvalue weighted by Crippen LogP contribution is 2.30. The Balaban J connectivity index is 0.000000200. The van der Waals surface area contributed by atoms with Crippen molar-refractivity contribution in [3.05, 3.63) is 115 Å². The molecule has 0 aliphatic carbocycles. The second-order valence-corrected chi connectivity index (χ2v) is 8.88. The van der Waals surface area contributed by atoms with E-state index >= 15 is 0 Å². The topological polar surface area (TPSA) is 84.2 Å². The van der Waals surface area contributed by atoms with Crippen LogP contribution in [0, 0.1) is 5.82 Å². The Kier molecular flexibility index (Phi) is 13.0. The summed E-state index contributed by atoms with van der Waals surface area (Å²) in [7, 11) is 0. The first-order valence-electron chi connectivity index (χ1n) is 13.3. The minimum atomic E-state index is -0.462. The number of aliphatic hydroxyl groups excluding tert-OH is 2. The Labute approximate surface area is 231 Å². The minimum absolute atomic E-state index is 0.228. The van der Waals surface area contributed by atoms with E-state index in [1.807, 2.05) is 68.1 Å². The van der Waals surface area contributed by atoms with Gasteiger partial charge < -0.3 is 25.3 Å². The second kappa shape index (κ2) is 16.2. The number of para-hydroxylation sites is 1. The summed E-state index contributed by atoms with van der Waals surface area (Å²) in [6.07, 6.45) is 0.804. The van der Waals surface area contributed by atoms with Crippen molar-refractivity contribution in [2.75, 3.05) is 4.90 Å². The van der Waals surface area contributed by atoms with Crippen LogP contribution in [0.2, 0.25) is 0 Å². The summed E-state index contributed by atoms with van der Waals surface area (Å²) < 4.78 is 12.4. The maximum absolute atomic E-state index is 12.4. The van der Waals surface area contributed by atoms with E-state index in [-0.39, 0.29) is 23.5 Å². The molecule has 3 atom stereocenters. The van der Waals surface area contributed by atoms with Crippen molar-refractivity contribution < 1.29 is 24.8 Å². The van der Waals surface area contributed by atoms with Gasteiger partial charge in [0.1, 0.15) is 23.5 Å². The summed E-state index contributed by atoms with van der Waals surface area (Å²) in [5.41, 5.74) is 3.67. The maximum atomic E-state index is 12.4. The van der Waals surface area contributed by atoms with E-state index in [9.17, 15) is 24.8 Å². The van der Waals surface area contributed by atoms with Crippen LogP contribution in [0.15, 0.2) is 103 Å². The highest BCUT2D eigenvalue weighted by atomic mass is 19.1. The van der Waals surface area contributed by atoms with Crippen LogP contribution in [-0.4, -0.2) is 32.7 Å².